The van der Waals surface area contributed by atoms with Gasteiger partial charge in [0.25, 0.3) is 5.56 Å². The first-order chi connectivity index (χ1) is 21.9. The summed E-state index contributed by atoms with van der Waals surface area (Å²) in [5, 5.41) is 2.94. The second-order valence-corrected chi connectivity index (χ2v) is 13.1. The molecule has 2 aliphatic heterocycles. The predicted molar refractivity (Wildman–Crippen MR) is 168 cm³/mol. The van der Waals surface area contributed by atoms with Gasteiger partial charge in [-0.2, -0.15) is 0 Å². The van der Waals surface area contributed by atoms with Gasteiger partial charge in [-0.3, -0.25) is 14.2 Å². The van der Waals surface area contributed by atoms with E-state index in [1.165, 1.54) is 12.0 Å². The number of nitrogens with one attached hydrogen (secondary N) is 1. The molecular weight excluding hydrogens is 574 g/mol. The van der Waals surface area contributed by atoms with Gasteiger partial charge < -0.3 is 24.4 Å². The molecule has 242 valence electrons. The summed E-state index contributed by atoms with van der Waals surface area (Å²) in [6, 6.07) is 11.5. The summed E-state index contributed by atoms with van der Waals surface area (Å²) in [5.74, 6) is -0.182. The summed E-state index contributed by atoms with van der Waals surface area (Å²) in [4.78, 5) is 55.8. The molecule has 0 spiro atoms. The number of nitrogens with zero attached hydrogens (tertiary/aromatic N) is 2. The van der Waals surface area contributed by atoms with Gasteiger partial charge in [-0.15, -0.1) is 0 Å². The Morgan fingerprint density at radius 3 is 2.36 bits per heavy atom. The Morgan fingerprint density at radius 2 is 1.58 bits per heavy atom. The number of benzene rings is 1. The van der Waals surface area contributed by atoms with E-state index in [0.717, 1.165) is 76.2 Å². The van der Waals surface area contributed by atoms with Gasteiger partial charge in [0.2, 0.25) is 5.91 Å². The number of hydrogen-bond donors (Lipinski definition) is 1. The molecule has 10 heteroatoms. The normalized spacial score (nSPS) is 28.2. The Balaban J connectivity index is 1.34. The molecule has 0 unspecified atom stereocenters. The summed E-state index contributed by atoms with van der Waals surface area (Å²) in [7, 11) is 1.31. The van der Waals surface area contributed by atoms with E-state index in [1.54, 1.807) is 10.6 Å². The zero-order chi connectivity index (χ0) is 31.3. The number of ether oxygens (including phenoxy) is 3. The van der Waals surface area contributed by atoms with Crippen molar-refractivity contribution in [2.24, 2.45) is 11.8 Å². The molecular formula is C35H45N3O7. The van der Waals surface area contributed by atoms with Gasteiger partial charge in [-0.1, -0.05) is 56.0 Å². The molecule has 6 rings (SSSR count). The van der Waals surface area contributed by atoms with Crippen LogP contribution in [0.4, 0.5) is 4.79 Å². The molecule has 0 radical (unpaired) electrons. The maximum absolute atomic E-state index is 14.2. The van der Waals surface area contributed by atoms with E-state index >= 15 is 0 Å². The predicted octanol–water partition coefficient (Wildman–Crippen LogP) is 5.06. The van der Waals surface area contributed by atoms with Crippen LogP contribution in [0.3, 0.4) is 0 Å². The van der Waals surface area contributed by atoms with Crippen molar-refractivity contribution < 1.29 is 28.6 Å². The number of pyridine rings is 1. The molecule has 2 amide bonds. The number of methoxy groups -OCH3 is 1. The van der Waals surface area contributed by atoms with E-state index in [9.17, 15) is 19.2 Å². The highest BCUT2D eigenvalue weighted by Crippen LogP contribution is 2.34. The standard InChI is InChI=1S/C35H45N3O7/c1-43-34(41)28-21-26-22-38(28)33(40)31(25-14-7-8-15-25)36-35(42)45-29-17-10-16-24(29)13-6-3-9-20-37-30(44-26)19-18-27(32(37)39)23-11-4-2-5-12-23/h2,4-5,11-12,18-19,24-26,28-29,31H,3,6-10,13-17,20-22H2,1H3,(H,36,42)/t24-,26-,28+,29-,31+/m1/s1. The van der Waals surface area contributed by atoms with Gasteiger partial charge in [0, 0.05) is 18.5 Å². The van der Waals surface area contributed by atoms with E-state index in [2.05, 4.69) is 5.32 Å². The molecule has 10 nitrogen and oxygen atoms in total. The number of fused-ring (bicyclic) bond motifs is 4. The van der Waals surface area contributed by atoms with Crippen LogP contribution in [0.2, 0.25) is 0 Å². The van der Waals surface area contributed by atoms with Crippen LogP contribution in [0, 0.1) is 11.8 Å². The molecule has 2 aliphatic carbocycles. The first-order valence-corrected chi connectivity index (χ1v) is 16.7. The monoisotopic (exact) mass is 619 g/mol. The van der Waals surface area contributed by atoms with Crippen molar-refractivity contribution in [3.05, 3.63) is 52.8 Å². The fourth-order valence-electron chi connectivity index (χ4n) is 7.86. The molecule has 1 aromatic carbocycles. The minimum atomic E-state index is -0.862. The van der Waals surface area contributed by atoms with Crippen molar-refractivity contribution >= 4 is 18.0 Å². The molecule has 2 saturated carbocycles. The zero-order valence-corrected chi connectivity index (χ0v) is 26.2. The lowest BCUT2D eigenvalue weighted by Gasteiger charge is -2.31. The van der Waals surface area contributed by atoms with Crippen LogP contribution in [0.25, 0.3) is 11.1 Å². The quantitative estimate of drug-likeness (QED) is 0.478. The number of alkyl carbamates (subject to hydrolysis) is 1. The van der Waals surface area contributed by atoms with Gasteiger partial charge in [0.1, 0.15) is 24.3 Å². The van der Waals surface area contributed by atoms with Crippen LogP contribution in [0.5, 0.6) is 5.88 Å². The average molecular weight is 620 g/mol. The number of carbonyl (C=O) groups excluding carboxylic acids is 3. The Hall–Kier alpha value is -3.82. The summed E-state index contributed by atoms with van der Waals surface area (Å²) in [5.41, 5.74) is 1.31. The highest BCUT2D eigenvalue weighted by molar-refractivity contribution is 5.90. The Kier molecular flexibility index (Phi) is 9.76. The van der Waals surface area contributed by atoms with Crippen LogP contribution in [0.1, 0.15) is 77.0 Å². The summed E-state index contributed by atoms with van der Waals surface area (Å²) >= 11 is 0. The van der Waals surface area contributed by atoms with Gasteiger partial charge in [0.05, 0.1) is 13.7 Å². The number of hydrogen-bond acceptors (Lipinski definition) is 7. The first-order valence-electron chi connectivity index (χ1n) is 16.7. The Morgan fingerprint density at radius 1 is 0.844 bits per heavy atom. The van der Waals surface area contributed by atoms with E-state index in [-0.39, 0.29) is 42.4 Å². The molecule has 1 N–H and O–H groups in total. The van der Waals surface area contributed by atoms with Crippen LogP contribution < -0.4 is 15.6 Å². The van der Waals surface area contributed by atoms with Crippen molar-refractivity contribution in [1.82, 2.24) is 14.8 Å². The molecule has 45 heavy (non-hydrogen) atoms. The third-order valence-corrected chi connectivity index (χ3v) is 10.2. The molecule has 1 aromatic heterocycles. The van der Waals surface area contributed by atoms with Crippen molar-refractivity contribution in [2.75, 3.05) is 13.7 Å². The van der Waals surface area contributed by atoms with Crippen molar-refractivity contribution in [2.45, 2.75) is 108 Å². The zero-order valence-electron chi connectivity index (χ0n) is 26.2. The second kappa shape index (κ2) is 14.1. The number of amides is 2. The summed E-state index contributed by atoms with van der Waals surface area (Å²) in [6.45, 7) is 0.624. The molecule has 4 aliphatic rings. The SMILES string of the molecule is COC(=O)[C@@H]1C[C@@H]2CN1C(=O)[C@H](C1CCCC1)NC(=O)O[C@@H]1CCC[C@H]1CCCCCn1c(ccc(-c3ccccc3)c1=O)O2. The van der Waals surface area contributed by atoms with Crippen molar-refractivity contribution in [3.8, 4) is 17.0 Å². The summed E-state index contributed by atoms with van der Waals surface area (Å²) in [6.07, 6.45) is 9.03. The third kappa shape index (κ3) is 6.89. The fourth-order valence-corrected chi connectivity index (χ4v) is 7.86. The average Bonchev–Trinajstić information content (AvgIpc) is 3.82. The van der Waals surface area contributed by atoms with Crippen LogP contribution in [-0.2, 0) is 25.6 Å². The van der Waals surface area contributed by atoms with Gasteiger partial charge in [0.15, 0.2) is 5.88 Å². The minimum absolute atomic E-state index is 0.0380. The van der Waals surface area contributed by atoms with E-state index < -0.39 is 30.3 Å². The maximum atomic E-state index is 14.2. The van der Waals surface area contributed by atoms with E-state index in [0.29, 0.717) is 18.0 Å². The van der Waals surface area contributed by atoms with E-state index in [1.807, 2.05) is 36.4 Å². The van der Waals surface area contributed by atoms with Gasteiger partial charge >= 0.3 is 12.1 Å². The lowest BCUT2D eigenvalue weighted by Crippen LogP contribution is -2.55. The Labute approximate surface area is 264 Å². The topological polar surface area (TPSA) is 116 Å². The largest absolute Gasteiger partial charge is 0.473 e. The highest BCUT2D eigenvalue weighted by atomic mass is 16.6. The number of rotatable bonds is 3. The molecule has 1 saturated heterocycles. The lowest BCUT2D eigenvalue weighted by atomic mass is 9.96. The minimum Gasteiger partial charge on any atom is -0.473 e. The second-order valence-electron chi connectivity index (χ2n) is 13.1. The number of aromatic nitrogens is 1. The molecule has 3 heterocycles. The fraction of sp³-hybridized carbons (Fsp3) is 0.600. The Bertz CT molecular complexity index is 1420. The molecule has 5 atom stereocenters. The van der Waals surface area contributed by atoms with Crippen LogP contribution in [0.15, 0.2) is 47.3 Å². The molecule has 3 fully saturated rings. The first kappa shape index (κ1) is 31.2. The number of esters is 1. The van der Waals surface area contributed by atoms with Gasteiger partial charge in [-0.05, 0) is 74.5 Å². The smallest absolute Gasteiger partial charge is 0.408 e. The van der Waals surface area contributed by atoms with E-state index in [4.69, 9.17) is 14.2 Å². The van der Waals surface area contributed by atoms with Gasteiger partial charge in [-0.25, -0.2) is 9.59 Å². The highest BCUT2D eigenvalue weighted by Gasteiger charge is 2.46. The van der Waals surface area contributed by atoms with Crippen LogP contribution in [-0.4, -0.2) is 65.4 Å². The third-order valence-electron chi connectivity index (χ3n) is 10.2. The molecule has 2 aromatic rings. The van der Waals surface area contributed by atoms with Crippen LogP contribution >= 0.6 is 0 Å². The summed E-state index contributed by atoms with van der Waals surface area (Å²) < 4.78 is 19.2. The van der Waals surface area contributed by atoms with Crippen molar-refractivity contribution in [3.63, 3.8) is 0 Å². The maximum Gasteiger partial charge on any atom is 0.408 e. The molecule has 2 bridgehead atoms. The number of carbonyl (C=O) groups is 3. The van der Waals surface area contributed by atoms with Crippen molar-refractivity contribution in [1.29, 1.82) is 0 Å². The lowest BCUT2D eigenvalue weighted by molar-refractivity contribution is -0.152.